The Balaban J connectivity index is 2.23. The van der Waals surface area contributed by atoms with Crippen LogP contribution in [0.5, 0.6) is 0 Å². The van der Waals surface area contributed by atoms with Crippen molar-refractivity contribution in [1.82, 2.24) is 10.6 Å². The molecule has 2 aromatic rings. The minimum absolute atomic E-state index is 0.126. The standard InChI is InChI=1S/C16H16N2O3/c1-11-8-9-13(21-11)10-14(16(20)17-2)18-15(19)12-6-4-3-5-7-12/h3-10H,1-2H3,(H,17,20)(H,18,19). The van der Waals surface area contributed by atoms with Gasteiger partial charge in [0, 0.05) is 18.7 Å². The third-order valence-electron chi connectivity index (χ3n) is 2.80. The molecule has 0 aliphatic carbocycles. The van der Waals surface area contributed by atoms with Crippen LogP contribution in [-0.4, -0.2) is 18.9 Å². The second kappa shape index (κ2) is 6.56. The smallest absolute Gasteiger partial charge is 0.267 e. The van der Waals surface area contributed by atoms with E-state index in [0.717, 1.165) is 5.76 Å². The lowest BCUT2D eigenvalue weighted by atomic mass is 10.2. The van der Waals surface area contributed by atoms with Gasteiger partial charge in [0.1, 0.15) is 17.2 Å². The van der Waals surface area contributed by atoms with Crippen molar-refractivity contribution in [3.63, 3.8) is 0 Å². The van der Waals surface area contributed by atoms with Gasteiger partial charge in [0.15, 0.2) is 0 Å². The minimum Gasteiger partial charge on any atom is -0.462 e. The number of hydrogen-bond acceptors (Lipinski definition) is 3. The fourth-order valence-corrected chi connectivity index (χ4v) is 1.75. The van der Waals surface area contributed by atoms with Gasteiger partial charge in [-0.3, -0.25) is 9.59 Å². The van der Waals surface area contributed by atoms with Crippen molar-refractivity contribution in [1.29, 1.82) is 0 Å². The van der Waals surface area contributed by atoms with E-state index in [4.69, 9.17) is 4.42 Å². The number of hydrogen-bond donors (Lipinski definition) is 2. The topological polar surface area (TPSA) is 71.3 Å². The molecular weight excluding hydrogens is 268 g/mol. The first-order valence-electron chi connectivity index (χ1n) is 6.47. The van der Waals surface area contributed by atoms with E-state index in [0.29, 0.717) is 11.3 Å². The van der Waals surface area contributed by atoms with Gasteiger partial charge in [-0.05, 0) is 31.2 Å². The highest BCUT2D eigenvalue weighted by atomic mass is 16.3. The Morgan fingerprint density at radius 2 is 1.81 bits per heavy atom. The maximum absolute atomic E-state index is 12.1. The largest absolute Gasteiger partial charge is 0.462 e. The Bertz CT molecular complexity index is 672. The number of benzene rings is 1. The van der Waals surface area contributed by atoms with Crippen LogP contribution in [0.2, 0.25) is 0 Å². The Hall–Kier alpha value is -2.82. The lowest BCUT2D eigenvalue weighted by molar-refractivity contribution is -0.117. The molecule has 0 spiro atoms. The highest BCUT2D eigenvalue weighted by Crippen LogP contribution is 2.11. The van der Waals surface area contributed by atoms with E-state index < -0.39 is 5.91 Å². The van der Waals surface area contributed by atoms with Crippen LogP contribution in [0.25, 0.3) is 6.08 Å². The zero-order valence-corrected chi connectivity index (χ0v) is 11.8. The molecular formula is C16H16N2O3. The average molecular weight is 284 g/mol. The molecule has 108 valence electrons. The molecule has 2 N–H and O–H groups in total. The highest BCUT2D eigenvalue weighted by molar-refractivity contribution is 6.05. The van der Waals surface area contributed by atoms with Crippen LogP contribution >= 0.6 is 0 Å². The SMILES string of the molecule is CNC(=O)C(=Cc1ccc(C)o1)NC(=O)c1ccccc1. The van der Waals surface area contributed by atoms with Gasteiger partial charge in [0.05, 0.1) is 0 Å². The summed E-state index contributed by atoms with van der Waals surface area (Å²) in [6, 6.07) is 12.2. The highest BCUT2D eigenvalue weighted by Gasteiger charge is 2.13. The number of nitrogens with one attached hydrogen (secondary N) is 2. The predicted octanol–water partition coefficient (Wildman–Crippen LogP) is 2.10. The molecule has 2 amide bonds. The Labute approximate surface area is 122 Å². The van der Waals surface area contributed by atoms with Gasteiger partial charge >= 0.3 is 0 Å². The van der Waals surface area contributed by atoms with Crippen molar-refractivity contribution in [3.8, 4) is 0 Å². The first-order valence-corrected chi connectivity index (χ1v) is 6.47. The van der Waals surface area contributed by atoms with Crippen LogP contribution in [0.3, 0.4) is 0 Å². The van der Waals surface area contributed by atoms with Gasteiger partial charge in [0.25, 0.3) is 11.8 Å². The summed E-state index contributed by atoms with van der Waals surface area (Å²) in [7, 11) is 1.50. The summed E-state index contributed by atoms with van der Waals surface area (Å²) in [6.07, 6.45) is 1.49. The quantitative estimate of drug-likeness (QED) is 0.845. The van der Waals surface area contributed by atoms with Crippen LogP contribution in [-0.2, 0) is 4.79 Å². The number of likely N-dealkylation sites (N-methyl/N-ethyl adjacent to an activating group) is 1. The second-order valence-electron chi connectivity index (χ2n) is 4.41. The van der Waals surface area contributed by atoms with Crippen molar-refractivity contribution in [3.05, 3.63) is 65.2 Å². The van der Waals surface area contributed by atoms with E-state index in [1.807, 2.05) is 6.07 Å². The summed E-state index contributed by atoms with van der Waals surface area (Å²) >= 11 is 0. The molecule has 5 heteroatoms. The first kappa shape index (κ1) is 14.6. The van der Waals surface area contributed by atoms with Gasteiger partial charge in [-0.25, -0.2) is 0 Å². The Kier molecular flexibility index (Phi) is 4.56. The molecule has 21 heavy (non-hydrogen) atoms. The van der Waals surface area contributed by atoms with Crippen molar-refractivity contribution in [2.45, 2.75) is 6.92 Å². The van der Waals surface area contributed by atoms with Gasteiger partial charge in [-0.15, -0.1) is 0 Å². The molecule has 0 radical (unpaired) electrons. The summed E-state index contributed by atoms with van der Waals surface area (Å²) < 4.78 is 5.39. The first-order chi connectivity index (χ1) is 10.1. The van der Waals surface area contributed by atoms with E-state index in [9.17, 15) is 9.59 Å². The van der Waals surface area contributed by atoms with E-state index in [-0.39, 0.29) is 11.6 Å². The van der Waals surface area contributed by atoms with Crippen molar-refractivity contribution in [2.24, 2.45) is 0 Å². The Morgan fingerprint density at radius 1 is 1.10 bits per heavy atom. The minimum atomic E-state index is -0.395. The van der Waals surface area contributed by atoms with E-state index in [2.05, 4.69) is 10.6 Å². The molecule has 0 atom stereocenters. The molecule has 0 aliphatic heterocycles. The maximum atomic E-state index is 12.1. The average Bonchev–Trinajstić information content (AvgIpc) is 2.91. The van der Waals surface area contributed by atoms with Crippen molar-refractivity contribution < 1.29 is 14.0 Å². The molecule has 1 aromatic carbocycles. The summed E-state index contributed by atoms with van der Waals surface area (Å²) in [4.78, 5) is 24.0. The molecule has 2 rings (SSSR count). The van der Waals surface area contributed by atoms with Gasteiger partial charge < -0.3 is 15.1 Å². The number of amides is 2. The molecule has 1 heterocycles. The number of carbonyl (C=O) groups excluding carboxylic acids is 2. The zero-order valence-electron chi connectivity index (χ0n) is 11.8. The van der Waals surface area contributed by atoms with Crippen LogP contribution in [0.4, 0.5) is 0 Å². The van der Waals surface area contributed by atoms with Crippen LogP contribution in [0.1, 0.15) is 21.9 Å². The Morgan fingerprint density at radius 3 is 2.38 bits per heavy atom. The van der Waals surface area contributed by atoms with Crippen LogP contribution < -0.4 is 10.6 Å². The van der Waals surface area contributed by atoms with E-state index in [1.54, 1.807) is 43.3 Å². The van der Waals surface area contributed by atoms with Crippen LogP contribution in [0, 0.1) is 6.92 Å². The molecule has 0 bridgehead atoms. The lowest BCUT2D eigenvalue weighted by Gasteiger charge is -2.08. The number of aryl methyl sites for hydroxylation is 1. The normalized spacial score (nSPS) is 11.0. The molecule has 1 aromatic heterocycles. The monoisotopic (exact) mass is 284 g/mol. The third kappa shape index (κ3) is 3.82. The summed E-state index contributed by atoms with van der Waals surface area (Å²) in [5, 5.41) is 5.08. The molecule has 0 saturated heterocycles. The van der Waals surface area contributed by atoms with Crippen LogP contribution in [0.15, 0.2) is 52.6 Å². The van der Waals surface area contributed by atoms with Crippen molar-refractivity contribution >= 4 is 17.9 Å². The zero-order chi connectivity index (χ0) is 15.2. The maximum Gasteiger partial charge on any atom is 0.267 e. The molecule has 0 aliphatic rings. The third-order valence-corrected chi connectivity index (χ3v) is 2.80. The number of carbonyl (C=O) groups is 2. The number of rotatable bonds is 4. The molecule has 0 unspecified atom stereocenters. The fraction of sp³-hybridized carbons (Fsp3) is 0.125. The predicted molar refractivity (Wildman–Crippen MR) is 79.4 cm³/mol. The second-order valence-corrected chi connectivity index (χ2v) is 4.41. The molecule has 0 saturated carbocycles. The van der Waals surface area contributed by atoms with Gasteiger partial charge in [-0.1, -0.05) is 18.2 Å². The van der Waals surface area contributed by atoms with Gasteiger partial charge in [-0.2, -0.15) is 0 Å². The summed E-state index contributed by atoms with van der Waals surface area (Å²) in [6.45, 7) is 1.81. The van der Waals surface area contributed by atoms with E-state index >= 15 is 0 Å². The molecule has 5 nitrogen and oxygen atoms in total. The van der Waals surface area contributed by atoms with E-state index in [1.165, 1.54) is 13.1 Å². The summed E-state index contributed by atoms with van der Waals surface area (Å²) in [5.74, 6) is 0.480. The van der Waals surface area contributed by atoms with Gasteiger partial charge in [0.2, 0.25) is 0 Å². The van der Waals surface area contributed by atoms with Crippen molar-refractivity contribution in [2.75, 3.05) is 7.05 Å². The summed E-state index contributed by atoms with van der Waals surface area (Å²) in [5.41, 5.74) is 0.601. The fourth-order valence-electron chi connectivity index (χ4n) is 1.75. The number of furan rings is 1. The molecule has 0 fully saturated rings. The lowest BCUT2D eigenvalue weighted by Crippen LogP contribution is -2.33.